The molecule has 3 heterocycles. The molecule has 0 spiro atoms. The quantitative estimate of drug-likeness (QED) is 0.373. The van der Waals surface area contributed by atoms with E-state index < -0.39 is 0 Å². The summed E-state index contributed by atoms with van der Waals surface area (Å²) >= 11 is 0. The summed E-state index contributed by atoms with van der Waals surface area (Å²) in [4.78, 5) is 23.9. The number of hydrogen-bond donors (Lipinski definition) is 1. The second kappa shape index (κ2) is 15.7. The molecule has 0 unspecified atom stereocenters. The topological polar surface area (TPSA) is 95.5 Å². The zero-order chi connectivity index (χ0) is 27.4. The summed E-state index contributed by atoms with van der Waals surface area (Å²) in [5.41, 5.74) is 11.4. The van der Waals surface area contributed by atoms with Crippen molar-refractivity contribution in [2.24, 2.45) is 0 Å². The number of ether oxygens (including phenoxy) is 2. The molecule has 1 aliphatic heterocycles. The summed E-state index contributed by atoms with van der Waals surface area (Å²) in [5, 5.41) is 0. The number of hydrogen-bond acceptors (Lipinski definition) is 6. The van der Waals surface area contributed by atoms with E-state index in [0.29, 0.717) is 11.9 Å². The highest BCUT2D eigenvalue weighted by Crippen LogP contribution is 2.29. The van der Waals surface area contributed by atoms with Gasteiger partial charge in [0.1, 0.15) is 11.3 Å². The minimum absolute atomic E-state index is 0.157. The van der Waals surface area contributed by atoms with Crippen LogP contribution in [-0.4, -0.2) is 64.9 Å². The fourth-order valence-electron chi connectivity index (χ4n) is 4.98. The van der Waals surface area contributed by atoms with Gasteiger partial charge in [0.15, 0.2) is 5.82 Å². The lowest BCUT2D eigenvalue weighted by atomic mass is 10.1. The molecule has 0 saturated carbocycles. The first-order valence-corrected chi connectivity index (χ1v) is 14.0. The molecule has 1 aliphatic rings. The van der Waals surface area contributed by atoms with Gasteiger partial charge in [0, 0.05) is 70.7 Å². The van der Waals surface area contributed by atoms with E-state index in [4.69, 9.17) is 20.2 Å². The number of aromatic nitrogens is 3. The predicted molar refractivity (Wildman–Crippen MR) is 153 cm³/mol. The third-order valence-corrected chi connectivity index (χ3v) is 6.72. The SMILES string of the molecule is CC.COCCCCc1nc2c(N)nc(C)c(C=C(C)C)c2n1CCCCN(C(C)=O)C1CCOCC1. The van der Waals surface area contributed by atoms with Crippen molar-refractivity contribution >= 4 is 28.8 Å². The van der Waals surface area contributed by atoms with Crippen molar-refractivity contribution in [2.45, 2.75) is 99.1 Å². The van der Waals surface area contributed by atoms with Gasteiger partial charge in [0.2, 0.25) is 5.91 Å². The molecule has 3 rings (SSSR count). The van der Waals surface area contributed by atoms with Crippen LogP contribution in [0.15, 0.2) is 5.57 Å². The number of rotatable bonds is 12. The first kappa shape index (κ1) is 30.8. The number of imidazole rings is 1. The molecule has 208 valence electrons. The van der Waals surface area contributed by atoms with Gasteiger partial charge in [-0.25, -0.2) is 9.97 Å². The number of methoxy groups -OCH3 is 1. The van der Waals surface area contributed by atoms with Crippen molar-refractivity contribution < 1.29 is 14.3 Å². The highest BCUT2D eigenvalue weighted by Gasteiger charge is 2.23. The summed E-state index contributed by atoms with van der Waals surface area (Å²) in [5.74, 6) is 1.69. The first-order valence-electron chi connectivity index (χ1n) is 14.0. The Morgan fingerprint density at radius 1 is 1.14 bits per heavy atom. The second-order valence-electron chi connectivity index (χ2n) is 9.81. The average molecular weight is 516 g/mol. The summed E-state index contributed by atoms with van der Waals surface area (Å²) in [6.07, 6.45) is 8.79. The Hall–Kier alpha value is -2.45. The third kappa shape index (κ3) is 8.54. The fraction of sp³-hybridized carbons (Fsp3) is 0.690. The standard InChI is InChI=1S/C27H43N5O3.C2H6/c1-19(2)18-23-20(3)29-27(28)25-26(23)32(24(30-25)10-6-9-15-34-5)14-8-7-13-31(21(4)33)22-11-16-35-17-12-22;1-2/h18,22H,6-17H2,1-5H3,(H2,28,29);1-2H3. The molecule has 0 aromatic carbocycles. The molecule has 0 bridgehead atoms. The number of anilines is 1. The van der Waals surface area contributed by atoms with Gasteiger partial charge in [-0.05, 0) is 59.3 Å². The number of carbonyl (C=O) groups is 1. The Balaban J connectivity index is 0.00000235. The summed E-state index contributed by atoms with van der Waals surface area (Å²) in [7, 11) is 1.74. The highest BCUT2D eigenvalue weighted by atomic mass is 16.5. The van der Waals surface area contributed by atoms with Crippen molar-refractivity contribution in [3.05, 3.63) is 22.7 Å². The molecule has 2 N–H and O–H groups in total. The highest BCUT2D eigenvalue weighted by molar-refractivity contribution is 5.93. The Morgan fingerprint density at radius 3 is 2.46 bits per heavy atom. The molecule has 37 heavy (non-hydrogen) atoms. The van der Waals surface area contributed by atoms with Crippen molar-refractivity contribution in [1.82, 2.24) is 19.4 Å². The minimum atomic E-state index is 0.157. The molecule has 1 fully saturated rings. The van der Waals surface area contributed by atoms with Crippen LogP contribution in [0, 0.1) is 6.92 Å². The van der Waals surface area contributed by atoms with Crippen LogP contribution in [0.2, 0.25) is 0 Å². The second-order valence-corrected chi connectivity index (χ2v) is 9.81. The van der Waals surface area contributed by atoms with Gasteiger partial charge in [-0.2, -0.15) is 0 Å². The number of nitrogens with two attached hydrogens (primary N) is 1. The van der Waals surface area contributed by atoms with Crippen LogP contribution in [0.1, 0.15) is 90.2 Å². The molecule has 0 atom stereocenters. The van der Waals surface area contributed by atoms with Crippen molar-refractivity contribution in [3.63, 3.8) is 0 Å². The van der Waals surface area contributed by atoms with E-state index in [-0.39, 0.29) is 5.91 Å². The molecule has 0 aliphatic carbocycles. The number of aryl methyl sites for hydroxylation is 3. The van der Waals surface area contributed by atoms with Crippen LogP contribution < -0.4 is 5.73 Å². The number of unbranched alkanes of at least 4 members (excludes halogenated alkanes) is 2. The number of pyridine rings is 1. The molecule has 2 aromatic heterocycles. The summed E-state index contributed by atoms with van der Waals surface area (Å²) in [6.45, 7) is 15.7. The lowest BCUT2D eigenvalue weighted by Gasteiger charge is -2.33. The van der Waals surface area contributed by atoms with Crippen molar-refractivity contribution in [3.8, 4) is 0 Å². The molecule has 2 aromatic rings. The Kier molecular flexibility index (Phi) is 13.1. The first-order chi connectivity index (χ1) is 17.8. The van der Waals surface area contributed by atoms with Gasteiger partial charge in [0.05, 0.1) is 5.52 Å². The van der Waals surface area contributed by atoms with E-state index in [1.54, 1.807) is 14.0 Å². The van der Waals surface area contributed by atoms with E-state index in [1.807, 2.05) is 25.7 Å². The van der Waals surface area contributed by atoms with Gasteiger partial charge in [0.25, 0.3) is 0 Å². The summed E-state index contributed by atoms with van der Waals surface area (Å²) < 4.78 is 13.1. The zero-order valence-corrected chi connectivity index (χ0v) is 24.2. The monoisotopic (exact) mass is 515 g/mol. The molecule has 1 saturated heterocycles. The fourth-order valence-corrected chi connectivity index (χ4v) is 4.98. The Labute approximate surface area is 223 Å². The van der Waals surface area contributed by atoms with E-state index in [9.17, 15) is 4.79 Å². The predicted octanol–water partition coefficient (Wildman–Crippen LogP) is 5.55. The van der Waals surface area contributed by atoms with Gasteiger partial charge in [-0.1, -0.05) is 25.5 Å². The molecule has 8 heteroatoms. The lowest BCUT2D eigenvalue weighted by molar-refractivity contribution is -0.133. The van der Waals surface area contributed by atoms with E-state index in [1.165, 1.54) is 5.57 Å². The van der Waals surface area contributed by atoms with Crippen molar-refractivity contribution in [2.75, 3.05) is 39.2 Å². The molecular weight excluding hydrogens is 466 g/mol. The maximum absolute atomic E-state index is 12.3. The smallest absolute Gasteiger partial charge is 0.219 e. The normalized spacial score (nSPS) is 13.8. The van der Waals surface area contributed by atoms with Crippen molar-refractivity contribution in [1.29, 1.82) is 0 Å². The molecule has 1 amide bonds. The maximum Gasteiger partial charge on any atom is 0.219 e. The maximum atomic E-state index is 12.3. The lowest BCUT2D eigenvalue weighted by Crippen LogP contribution is -2.42. The van der Waals surface area contributed by atoms with Crippen LogP contribution >= 0.6 is 0 Å². The van der Waals surface area contributed by atoms with E-state index >= 15 is 0 Å². The summed E-state index contributed by atoms with van der Waals surface area (Å²) in [6, 6.07) is 0.296. The number of nitrogen functional groups attached to an aromatic ring is 1. The number of nitrogens with zero attached hydrogens (tertiary/aromatic N) is 4. The van der Waals surface area contributed by atoms with E-state index in [0.717, 1.165) is 106 Å². The third-order valence-electron chi connectivity index (χ3n) is 6.72. The number of amides is 1. The minimum Gasteiger partial charge on any atom is -0.385 e. The number of carbonyl (C=O) groups excluding carboxylic acids is 1. The molecule has 8 nitrogen and oxygen atoms in total. The number of fused-ring (bicyclic) bond motifs is 1. The number of allylic oxidation sites excluding steroid dienone is 1. The van der Waals surface area contributed by atoms with Gasteiger partial charge in [-0.3, -0.25) is 4.79 Å². The average Bonchev–Trinajstić information content (AvgIpc) is 3.24. The van der Waals surface area contributed by atoms with Crippen LogP contribution in [0.3, 0.4) is 0 Å². The molecule has 0 radical (unpaired) electrons. The largest absolute Gasteiger partial charge is 0.385 e. The zero-order valence-electron chi connectivity index (χ0n) is 24.2. The Morgan fingerprint density at radius 2 is 1.84 bits per heavy atom. The molecular formula is C29H49N5O3. The van der Waals surface area contributed by atoms with Gasteiger partial charge in [-0.15, -0.1) is 0 Å². The van der Waals surface area contributed by atoms with Gasteiger partial charge >= 0.3 is 0 Å². The Bertz CT molecular complexity index is 1020. The van der Waals surface area contributed by atoms with Crippen LogP contribution in [-0.2, 0) is 27.2 Å². The van der Waals surface area contributed by atoms with E-state index in [2.05, 4.69) is 29.5 Å². The van der Waals surface area contributed by atoms with Crippen LogP contribution in [0.5, 0.6) is 0 Å². The van der Waals surface area contributed by atoms with Gasteiger partial charge < -0.3 is 24.7 Å². The van der Waals surface area contributed by atoms with Crippen LogP contribution in [0.4, 0.5) is 5.82 Å². The van der Waals surface area contributed by atoms with Crippen LogP contribution in [0.25, 0.3) is 17.1 Å².